The van der Waals surface area contributed by atoms with Crippen molar-refractivity contribution in [2.24, 2.45) is 0 Å². The molecule has 1 N–H and O–H groups in total. The van der Waals surface area contributed by atoms with Crippen LogP contribution in [-0.2, 0) is 13.0 Å². The second-order valence-electron chi connectivity index (χ2n) is 3.68. The molecule has 4 nitrogen and oxygen atoms in total. The predicted octanol–water partition coefficient (Wildman–Crippen LogP) is 1.40. The van der Waals surface area contributed by atoms with Gasteiger partial charge in [-0.1, -0.05) is 12.1 Å². The lowest BCUT2D eigenvalue weighted by Gasteiger charge is -2.06. The number of aryl methyl sites for hydroxylation is 1. The van der Waals surface area contributed by atoms with Crippen molar-refractivity contribution in [1.29, 1.82) is 5.26 Å². The fourth-order valence-electron chi connectivity index (χ4n) is 1.96. The fourth-order valence-corrected chi connectivity index (χ4v) is 1.96. The highest BCUT2D eigenvalue weighted by atomic mass is 16.3. The number of aromatic nitrogens is 2. The summed E-state index contributed by atoms with van der Waals surface area (Å²) in [6.07, 6.45) is 0.272. The van der Waals surface area contributed by atoms with Gasteiger partial charge in [0.05, 0.1) is 30.1 Å². The molecule has 0 saturated heterocycles. The molecule has 0 aliphatic rings. The first-order valence-corrected chi connectivity index (χ1v) is 5.20. The third-order valence-electron chi connectivity index (χ3n) is 2.61. The molecule has 82 valence electrons. The summed E-state index contributed by atoms with van der Waals surface area (Å²) < 4.78 is 1.92. The van der Waals surface area contributed by atoms with Gasteiger partial charge in [-0.25, -0.2) is 4.98 Å². The Kier molecular flexibility index (Phi) is 2.88. The molecule has 16 heavy (non-hydrogen) atoms. The van der Waals surface area contributed by atoms with E-state index in [0.717, 1.165) is 22.4 Å². The van der Waals surface area contributed by atoms with E-state index in [1.54, 1.807) is 0 Å². The monoisotopic (exact) mass is 215 g/mol. The SMILES string of the molecule is Cc1cccc2nc(CC#N)n(CCO)c12. The van der Waals surface area contributed by atoms with Gasteiger partial charge in [0, 0.05) is 6.54 Å². The van der Waals surface area contributed by atoms with Crippen molar-refractivity contribution in [1.82, 2.24) is 9.55 Å². The van der Waals surface area contributed by atoms with Gasteiger partial charge in [0.2, 0.25) is 0 Å². The number of benzene rings is 1. The first-order valence-electron chi connectivity index (χ1n) is 5.20. The summed E-state index contributed by atoms with van der Waals surface area (Å²) in [6.45, 7) is 2.55. The van der Waals surface area contributed by atoms with Gasteiger partial charge in [-0.3, -0.25) is 0 Å². The van der Waals surface area contributed by atoms with Crippen LogP contribution >= 0.6 is 0 Å². The maximum Gasteiger partial charge on any atom is 0.124 e. The molecule has 0 bridgehead atoms. The van der Waals surface area contributed by atoms with Crippen molar-refractivity contribution in [2.45, 2.75) is 19.9 Å². The molecule has 0 amide bonds. The predicted molar refractivity (Wildman–Crippen MR) is 60.9 cm³/mol. The molecule has 0 radical (unpaired) electrons. The van der Waals surface area contributed by atoms with E-state index in [-0.39, 0.29) is 13.0 Å². The van der Waals surface area contributed by atoms with Crippen LogP contribution in [0.4, 0.5) is 0 Å². The Labute approximate surface area is 93.8 Å². The highest BCUT2D eigenvalue weighted by Crippen LogP contribution is 2.20. The number of nitrogens with zero attached hydrogens (tertiary/aromatic N) is 3. The number of imidazole rings is 1. The molecule has 0 spiro atoms. The van der Waals surface area contributed by atoms with Crippen molar-refractivity contribution in [2.75, 3.05) is 6.61 Å². The van der Waals surface area contributed by atoms with Crippen LogP contribution in [0, 0.1) is 18.3 Å². The second-order valence-corrected chi connectivity index (χ2v) is 3.68. The van der Waals surface area contributed by atoms with E-state index in [2.05, 4.69) is 11.1 Å². The molecule has 2 rings (SSSR count). The van der Waals surface area contributed by atoms with Crippen molar-refractivity contribution in [3.8, 4) is 6.07 Å². The zero-order valence-electron chi connectivity index (χ0n) is 9.14. The summed E-state index contributed by atoms with van der Waals surface area (Å²) in [5.74, 6) is 0.723. The number of hydrogen-bond donors (Lipinski definition) is 1. The molecule has 0 aliphatic carbocycles. The van der Waals surface area contributed by atoms with Crippen molar-refractivity contribution < 1.29 is 5.11 Å². The van der Waals surface area contributed by atoms with E-state index in [9.17, 15) is 0 Å². The van der Waals surface area contributed by atoms with E-state index in [1.165, 1.54) is 0 Å². The number of fused-ring (bicyclic) bond motifs is 1. The third kappa shape index (κ3) is 1.66. The molecule has 4 heteroatoms. The molecule has 1 heterocycles. The third-order valence-corrected chi connectivity index (χ3v) is 2.61. The molecule has 0 fully saturated rings. The average Bonchev–Trinajstić information content (AvgIpc) is 2.59. The number of rotatable bonds is 3. The van der Waals surface area contributed by atoms with Gasteiger partial charge in [0.15, 0.2) is 0 Å². The van der Waals surface area contributed by atoms with Crippen LogP contribution in [0.3, 0.4) is 0 Å². The van der Waals surface area contributed by atoms with Gasteiger partial charge < -0.3 is 9.67 Å². The smallest absolute Gasteiger partial charge is 0.124 e. The van der Waals surface area contributed by atoms with Crippen molar-refractivity contribution >= 4 is 11.0 Å². The minimum Gasteiger partial charge on any atom is -0.395 e. The lowest BCUT2D eigenvalue weighted by Crippen LogP contribution is -2.07. The summed E-state index contributed by atoms with van der Waals surface area (Å²) in [6, 6.07) is 7.98. The topological polar surface area (TPSA) is 61.8 Å². The van der Waals surface area contributed by atoms with Gasteiger partial charge in [-0.15, -0.1) is 0 Å². The first-order chi connectivity index (χ1) is 7.77. The largest absolute Gasteiger partial charge is 0.395 e. The van der Waals surface area contributed by atoms with Gasteiger partial charge in [0.25, 0.3) is 0 Å². The lowest BCUT2D eigenvalue weighted by atomic mass is 10.2. The molecular formula is C12H13N3O. The number of para-hydroxylation sites is 1. The molecule has 2 aromatic rings. The van der Waals surface area contributed by atoms with Crippen LogP contribution in [0.2, 0.25) is 0 Å². The Morgan fingerprint density at radius 2 is 2.31 bits per heavy atom. The molecule has 0 aliphatic heterocycles. The lowest BCUT2D eigenvalue weighted by molar-refractivity contribution is 0.276. The van der Waals surface area contributed by atoms with Crippen LogP contribution < -0.4 is 0 Å². The van der Waals surface area contributed by atoms with Crippen LogP contribution in [0.25, 0.3) is 11.0 Å². The van der Waals surface area contributed by atoms with Gasteiger partial charge in [-0.05, 0) is 18.6 Å². The molecule has 0 saturated carbocycles. The number of hydrogen-bond acceptors (Lipinski definition) is 3. The minimum absolute atomic E-state index is 0.0538. The van der Waals surface area contributed by atoms with Gasteiger partial charge in [-0.2, -0.15) is 5.26 Å². The molecular weight excluding hydrogens is 202 g/mol. The van der Waals surface area contributed by atoms with E-state index >= 15 is 0 Å². The van der Waals surface area contributed by atoms with Crippen LogP contribution in [0.1, 0.15) is 11.4 Å². The maximum atomic E-state index is 9.05. The van der Waals surface area contributed by atoms with Crippen molar-refractivity contribution in [3.05, 3.63) is 29.6 Å². The summed E-state index contributed by atoms with van der Waals surface area (Å²) in [7, 11) is 0. The quantitative estimate of drug-likeness (QED) is 0.841. The van der Waals surface area contributed by atoms with E-state index in [4.69, 9.17) is 10.4 Å². The molecule has 0 unspecified atom stereocenters. The van der Waals surface area contributed by atoms with Gasteiger partial charge >= 0.3 is 0 Å². The Morgan fingerprint density at radius 1 is 1.50 bits per heavy atom. The summed E-state index contributed by atoms with van der Waals surface area (Å²) in [5.41, 5.74) is 3.02. The van der Waals surface area contributed by atoms with Gasteiger partial charge in [0.1, 0.15) is 5.82 Å². The molecule has 1 aromatic heterocycles. The fraction of sp³-hybridized carbons (Fsp3) is 0.333. The number of aliphatic hydroxyl groups excluding tert-OH is 1. The maximum absolute atomic E-state index is 9.05. The van der Waals surface area contributed by atoms with Crippen LogP contribution in [0.15, 0.2) is 18.2 Å². The molecule has 0 atom stereocenters. The Hall–Kier alpha value is -1.86. The van der Waals surface area contributed by atoms with E-state index in [1.807, 2.05) is 29.7 Å². The Bertz CT molecular complexity index is 551. The van der Waals surface area contributed by atoms with Crippen LogP contribution in [0.5, 0.6) is 0 Å². The standard InChI is InChI=1S/C12H13N3O/c1-9-3-2-4-10-12(9)15(7-8-16)11(14-10)5-6-13/h2-4,16H,5,7-8H2,1H3. The van der Waals surface area contributed by atoms with E-state index < -0.39 is 0 Å². The minimum atomic E-state index is 0.0538. The first kappa shape index (κ1) is 10.7. The Balaban J connectivity index is 2.68. The highest BCUT2D eigenvalue weighted by Gasteiger charge is 2.11. The summed E-state index contributed by atoms with van der Waals surface area (Å²) in [4.78, 5) is 4.41. The number of nitriles is 1. The zero-order chi connectivity index (χ0) is 11.5. The zero-order valence-corrected chi connectivity index (χ0v) is 9.14. The molecule has 1 aromatic carbocycles. The highest BCUT2D eigenvalue weighted by molar-refractivity contribution is 5.79. The van der Waals surface area contributed by atoms with E-state index in [0.29, 0.717) is 6.54 Å². The average molecular weight is 215 g/mol. The Morgan fingerprint density at radius 3 is 3.00 bits per heavy atom. The number of aliphatic hydroxyl groups is 1. The normalized spacial score (nSPS) is 10.6. The summed E-state index contributed by atoms with van der Waals surface area (Å²) >= 11 is 0. The van der Waals surface area contributed by atoms with Crippen molar-refractivity contribution in [3.63, 3.8) is 0 Å². The van der Waals surface area contributed by atoms with Crippen LogP contribution in [-0.4, -0.2) is 21.3 Å². The summed E-state index contributed by atoms with van der Waals surface area (Å²) in [5, 5.41) is 17.8. The second kappa shape index (κ2) is 4.33.